The Balaban J connectivity index is 2.03. The quantitative estimate of drug-likeness (QED) is 0.887. The van der Waals surface area contributed by atoms with Crippen molar-refractivity contribution in [3.8, 4) is 11.4 Å². The highest BCUT2D eigenvalue weighted by atomic mass is 16.5. The fraction of sp³-hybridized carbons (Fsp3) is 0.500. The van der Waals surface area contributed by atoms with E-state index in [0.717, 1.165) is 43.0 Å². The lowest BCUT2D eigenvalue weighted by Crippen LogP contribution is -2.10. The van der Waals surface area contributed by atoms with E-state index in [2.05, 4.69) is 17.2 Å². The van der Waals surface area contributed by atoms with Gasteiger partial charge >= 0.3 is 0 Å². The molecule has 1 aromatic carbocycles. The van der Waals surface area contributed by atoms with Gasteiger partial charge in [0.2, 0.25) is 0 Å². The van der Waals surface area contributed by atoms with Gasteiger partial charge in [-0.15, -0.1) is 5.10 Å². The highest BCUT2D eigenvalue weighted by Crippen LogP contribution is 2.33. The molecular formula is C16H21N3O3. The summed E-state index contributed by atoms with van der Waals surface area (Å²) in [5.41, 5.74) is 2.22. The zero-order valence-corrected chi connectivity index (χ0v) is 12.7. The molecule has 0 radical (unpaired) electrons. The first kappa shape index (κ1) is 15.0. The van der Waals surface area contributed by atoms with Crippen molar-refractivity contribution in [3.05, 3.63) is 35.7 Å². The lowest BCUT2D eigenvalue weighted by molar-refractivity contribution is 0.104. The van der Waals surface area contributed by atoms with Gasteiger partial charge in [0.1, 0.15) is 23.2 Å². The Labute approximate surface area is 129 Å². The van der Waals surface area contributed by atoms with Crippen LogP contribution in [0.15, 0.2) is 24.3 Å². The normalized spacial score (nSPS) is 17.8. The highest BCUT2D eigenvalue weighted by Gasteiger charge is 2.27. The third kappa shape index (κ3) is 2.84. The van der Waals surface area contributed by atoms with Crippen LogP contribution < -0.4 is 4.74 Å². The van der Waals surface area contributed by atoms with E-state index in [1.807, 2.05) is 24.3 Å². The van der Waals surface area contributed by atoms with E-state index in [1.54, 1.807) is 4.68 Å². The number of rotatable bonds is 6. The van der Waals surface area contributed by atoms with Crippen molar-refractivity contribution in [1.29, 1.82) is 0 Å². The van der Waals surface area contributed by atoms with Crippen LogP contribution >= 0.6 is 0 Å². The molecule has 1 saturated heterocycles. The maximum absolute atomic E-state index is 9.55. The van der Waals surface area contributed by atoms with Crippen molar-refractivity contribution in [2.75, 3.05) is 13.2 Å². The van der Waals surface area contributed by atoms with E-state index in [1.165, 1.54) is 0 Å². The van der Waals surface area contributed by atoms with Crippen molar-refractivity contribution in [3.63, 3.8) is 0 Å². The molecule has 2 aromatic rings. The number of aliphatic hydroxyl groups is 1. The molecule has 6 nitrogen and oxygen atoms in total. The SMILES string of the molecule is CCCOc1ccccc1-n1nnc(CO)c1C1CCCO1. The molecule has 6 heteroatoms. The third-order valence-corrected chi connectivity index (χ3v) is 3.72. The van der Waals surface area contributed by atoms with Gasteiger partial charge in [0.15, 0.2) is 0 Å². The molecule has 0 spiro atoms. The van der Waals surface area contributed by atoms with E-state index >= 15 is 0 Å². The molecule has 1 aliphatic rings. The molecule has 118 valence electrons. The van der Waals surface area contributed by atoms with Crippen LogP contribution in [-0.2, 0) is 11.3 Å². The molecule has 3 rings (SSSR count). The largest absolute Gasteiger partial charge is 0.491 e. The number of hydrogen-bond donors (Lipinski definition) is 1. The number of ether oxygens (including phenoxy) is 2. The minimum Gasteiger partial charge on any atom is -0.491 e. The predicted octanol–water partition coefficient (Wildman–Crippen LogP) is 2.40. The lowest BCUT2D eigenvalue weighted by Gasteiger charge is -2.16. The summed E-state index contributed by atoms with van der Waals surface area (Å²) in [4.78, 5) is 0. The molecule has 1 unspecified atom stereocenters. The van der Waals surface area contributed by atoms with Gasteiger partial charge in [-0.1, -0.05) is 24.3 Å². The Hall–Kier alpha value is -1.92. The minimum absolute atomic E-state index is 0.0728. The topological polar surface area (TPSA) is 69.4 Å². The monoisotopic (exact) mass is 303 g/mol. The minimum atomic E-state index is -0.146. The summed E-state index contributed by atoms with van der Waals surface area (Å²) in [5, 5.41) is 17.9. The van der Waals surface area contributed by atoms with Crippen LogP contribution in [0.5, 0.6) is 5.75 Å². The van der Waals surface area contributed by atoms with E-state index in [9.17, 15) is 5.11 Å². The molecule has 0 aliphatic carbocycles. The maximum Gasteiger partial charge on any atom is 0.145 e. The van der Waals surface area contributed by atoms with E-state index in [4.69, 9.17) is 9.47 Å². The van der Waals surface area contributed by atoms with Crippen molar-refractivity contribution in [2.24, 2.45) is 0 Å². The van der Waals surface area contributed by atoms with E-state index in [-0.39, 0.29) is 12.7 Å². The number of hydrogen-bond acceptors (Lipinski definition) is 5. The zero-order chi connectivity index (χ0) is 15.4. The maximum atomic E-state index is 9.55. The van der Waals surface area contributed by atoms with Crippen LogP contribution in [-0.4, -0.2) is 33.3 Å². The molecule has 1 N–H and O–H groups in total. The summed E-state index contributed by atoms with van der Waals surface area (Å²) in [6, 6.07) is 7.74. The van der Waals surface area contributed by atoms with E-state index < -0.39 is 0 Å². The molecule has 0 bridgehead atoms. The second kappa shape index (κ2) is 6.89. The number of nitrogens with zero attached hydrogens (tertiary/aromatic N) is 3. The average molecular weight is 303 g/mol. The molecule has 1 atom stereocenters. The summed E-state index contributed by atoms with van der Waals surface area (Å²) in [6.45, 7) is 3.30. The van der Waals surface area contributed by atoms with Gasteiger partial charge in [-0.3, -0.25) is 0 Å². The number of benzene rings is 1. The molecule has 1 aromatic heterocycles. The summed E-state index contributed by atoms with van der Waals surface area (Å²) in [6.07, 6.45) is 2.79. The number of aliphatic hydroxyl groups excluding tert-OH is 1. The van der Waals surface area contributed by atoms with E-state index in [0.29, 0.717) is 12.3 Å². The number of aromatic nitrogens is 3. The van der Waals surface area contributed by atoms with Crippen LogP contribution in [0.1, 0.15) is 43.7 Å². The summed E-state index contributed by atoms with van der Waals surface area (Å²) in [7, 11) is 0. The molecule has 1 fully saturated rings. The smallest absolute Gasteiger partial charge is 0.145 e. The van der Waals surface area contributed by atoms with Crippen LogP contribution in [0.2, 0.25) is 0 Å². The molecule has 2 heterocycles. The highest BCUT2D eigenvalue weighted by molar-refractivity contribution is 5.47. The lowest BCUT2D eigenvalue weighted by atomic mass is 10.1. The molecule has 22 heavy (non-hydrogen) atoms. The first-order valence-corrected chi connectivity index (χ1v) is 7.74. The first-order valence-electron chi connectivity index (χ1n) is 7.74. The summed E-state index contributed by atoms with van der Waals surface area (Å²) < 4.78 is 13.3. The third-order valence-electron chi connectivity index (χ3n) is 3.72. The van der Waals surface area contributed by atoms with Crippen LogP contribution in [0, 0.1) is 0 Å². The fourth-order valence-corrected chi connectivity index (χ4v) is 2.69. The van der Waals surface area contributed by atoms with Gasteiger partial charge in [-0.05, 0) is 31.4 Å². The Morgan fingerprint density at radius 3 is 3.00 bits per heavy atom. The molecule has 0 amide bonds. The zero-order valence-electron chi connectivity index (χ0n) is 12.7. The summed E-state index contributed by atoms with van der Waals surface area (Å²) in [5.74, 6) is 0.762. The standard InChI is InChI=1S/C16H21N3O3/c1-2-9-21-14-7-4-3-6-13(14)19-16(12(11-20)17-18-19)15-8-5-10-22-15/h3-4,6-7,15,20H,2,5,8-11H2,1H3. The Bertz CT molecular complexity index is 621. The Kier molecular flexibility index (Phi) is 4.70. The molecule has 0 saturated carbocycles. The van der Waals surface area contributed by atoms with Crippen molar-refractivity contribution >= 4 is 0 Å². The summed E-state index contributed by atoms with van der Waals surface area (Å²) >= 11 is 0. The Morgan fingerprint density at radius 1 is 1.41 bits per heavy atom. The Morgan fingerprint density at radius 2 is 2.27 bits per heavy atom. The van der Waals surface area contributed by atoms with Gasteiger partial charge < -0.3 is 14.6 Å². The predicted molar refractivity (Wildman–Crippen MR) is 81.0 cm³/mol. The first-order chi connectivity index (χ1) is 10.8. The van der Waals surface area contributed by atoms with Crippen LogP contribution in [0.4, 0.5) is 0 Å². The van der Waals surface area contributed by atoms with Gasteiger partial charge in [0, 0.05) is 6.61 Å². The van der Waals surface area contributed by atoms with Crippen molar-refractivity contribution in [2.45, 2.75) is 38.9 Å². The van der Waals surface area contributed by atoms with Crippen molar-refractivity contribution in [1.82, 2.24) is 15.0 Å². The van der Waals surface area contributed by atoms with Gasteiger partial charge in [0.05, 0.1) is 18.9 Å². The van der Waals surface area contributed by atoms with Gasteiger partial charge in [-0.25, -0.2) is 4.68 Å². The number of para-hydroxylation sites is 2. The van der Waals surface area contributed by atoms with Crippen molar-refractivity contribution < 1.29 is 14.6 Å². The van der Waals surface area contributed by atoms with Crippen LogP contribution in [0.25, 0.3) is 5.69 Å². The van der Waals surface area contributed by atoms with Gasteiger partial charge in [-0.2, -0.15) is 0 Å². The molecular weight excluding hydrogens is 282 g/mol. The second-order valence-corrected chi connectivity index (χ2v) is 5.31. The van der Waals surface area contributed by atoms with Crippen LogP contribution in [0.3, 0.4) is 0 Å². The second-order valence-electron chi connectivity index (χ2n) is 5.31. The molecule has 1 aliphatic heterocycles. The average Bonchev–Trinajstić information content (AvgIpc) is 3.21. The van der Waals surface area contributed by atoms with Gasteiger partial charge in [0.25, 0.3) is 0 Å². The fourth-order valence-electron chi connectivity index (χ4n) is 2.69.